The van der Waals surface area contributed by atoms with E-state index in [2.05, 4.69) is 15.4 Å². The second-order valence-electron chi connectivity index (χ2n) is 11.6. The van der Waals surface area contributed by atoms with Crippen LogP contribution in [0.4, 0.5) is 4.39 Å². The van der Waals surface area contributed by atoms with Crippen molar-refractivity contribution < 1.29 is 14.0 Å². The molecule has 196 valence electrons. The number of fused-ring (bicyclic) bond motifs is 3. The molecule has 1 N–H and O–H groups in total. The van der Waals surface area contributed by atoms with Gasteiger partial charge in [0.25, 0.3) is 0 Å². The van der Waals surface area contributed by atoms with Crippen LogP contribution < -0.4 is 5.32 Å². The van der Waals surface area contributed by atoms with Crippen LogP contribution in [0.15, 0.2) is 43.0 Å². The van der Waals surface area contributed by atoms with Crippen molar-refractivity contribution in [1.82, 2.24) is 29.4 Å². The number of hydrogen-bond donors (Lipinski definition) is 1. The van der Waals surface area contributed by atoms with E-state index in [1.54, 1.807) is 4.52 Å². The number of alkyl halides is 1. The number of piperidine rings is 2. The summed E-state index contributed by atoms with van der Waals surface area (Å²) in [5.41, 5.74) is 2.21. The van der Waals surface area contributed by atoms with Gasteiger partial charge >= 0.3 is 0 Å². The minimum absolute atomic E-state index is 0.0988. The van der Waals surface area contributed by atoms with E-state index >= 15 is 4.39 Å². The molecule has 2 aliphatic heterocycles. The lowest BCUT2D eigenvalue weighted by Gasteiger charge is -2.31. The van der Waals surface area contributed by atoms with E-state index in [0.29, 0.717) is 23.7 Å². The minimum Gasteiger partial charge on any atom is -0.344 e. The predicted octanol–water partition coefficient (Wildman–Crippen LogP) is 4.24. The molecule has 3 fully saturated rings. The van der Waals surface area contributed by atoms with Gasteiger partial charge in [0.15, 0.2) is 0 Å². The number of nitrogens with zero attached hydrogens (tertiary/aromatic N) is 5. The van der Waals surface area contributed by atoms with Gasteiger partial charge in [0.1, 0.15) is 12.0 Å². The molecule has 8 nitrogen and oxygen atoms in total. The zero-order valence-electron chi connectivity index (χ0n) is 21.2. The number of hydrogen-bond acceptors (Lipinski definition) is 5. The molecule has 2 amide bonds. The molecule has 2 saturated heterocycles. The van der Waals surface area contributed by atoms with Crippen molar-refractivity contribution in [1.29, 1.82) is 0 Å². The number of aromatic nitrogens is 4. The van der Waals surface area contributed by atoms with Gasteiger partial charge in [-0.05, 0) is 54.6 Å². The molecule has 3 aliphatic rings. The lowest BCUT2D eigenvalue weighted by atomic mass is 9.96. The first-order chi connectivity index (χ1) is 18.2. The number of carbonyl (C=O) groups excluding carboxylic acids is 2. The molecule has 3 atom stereocenters. The lowest BCUT2D eigenvalue weighted by molar-refractivity contribution is -0.143. The Morgan fingerprint density at radius 1 is 1.18 bits per heavy atom. The molecule has 4 aromatic rings. The summed E-state index contributed by atoms with van der Waals surface area (Å²) in [6.07, 6.45) is 6.50. The molecule has 1 aromatic carbocycles. The van der Waals surface area contributed by atoms with Gasteiger partial charge < -0.3 is 9.88 Å². The molecule has 3 aromatic heterocycles. The molecule has 5 heterocycles. The second kappa shape index (κ2) is 8.10. The third-order valence-electron chi connectivity index (χ3n) is 8.65. The van der Waals surface area contributed by atoms with Crippen molar-refractivity contribution in [2.24, 2.45) is 17.3 Å². The van der Waals surface area contributed by atoms with Gasteiger partial charge in [0.2, 0.25) is 11.8 Å². The smallest absolute Gasteiger partial charge is 0.233 e. The van der Waals surface area contributed by atoms with Crippen molar-refractivity contribution in [2.45, 2.75) is 45.4 Å². The van der Waals surface area contributed by atoms with E-state index < -0.39 is 5.67 Å². The number of amides is 2. The Hall–Kier alpha value is -3.30. The van der Waals surface area contributed by atoms with E-state index in [0.717, 1.165) is 40.5 Å². The van der Waals surface area contributed by atoms with Crippen LogP contribution in [-0.4, -0.2) is 54.6 Å². The summed E-state index contributed by atoms with van der Waals surface area (Å²) in [5, 5.41) is 9.01. The second-order valence-corrected chi connectivity index (χ2v) is 12.0. The summed E-state index contributed by atoms with van der Waals surface area (Å²) in [6.45, 7) is 5.53. The van der Waals surface area contributed by atoms with Gasteiger partial charge in [0.05, 0.1) is 41.7 Å². The first-order valence-corrected chi connectivity index (χ1v) is 13.4. The van der Waals surface area contributed by atoms with Gasteiger partial charge in [-0.3, -0.25) is 14.5 Å². The summed E-state index contributed by atoms with van der Waals surface area (Å²) in [7, 11) is 0. The summed E-state index contributed by atoms with van der Waals surface area (Å²) in [5.74, 6) is -0.627. The first-order valence-electron chi connectivity index (χ1n) is 13.0. The Morgan fingerprint density at radius 2 is 1.97 bits per heavy atom. The average molecular weight is 535 g/mol. The topological polar surface area (TPSA) is 84.5 Å². The van der Waals surface area contributed by atoms with Crippen LogP contribution in [0.25, 0.3) is 27.7 Å². The predicted molar refractivity (Wildman–Crippen MR) is 141 cm³/mol. The SMILES string of the molecule is CC1(C)C2C(=O)N(Cc3cc4c(-c5cc(Cl)cc6ccn(CC7(F)CCCNC7)c56)ncnn4c3)C(=O)C21. The summed E-state index contributed by atoms with van der Waals surface area (Å²) < 4.78 is 19.3. The minimum atomic E-state index is -1.34. The molecule has 3 unspecified atom stereocenters. The first kappa shape index (κ1) is 23.8. The highest BCUT2D eigenvalue weighted by Gasteiger charge is 2.72. The van der Waals surface area contributed by atoms with Crippen LogP contribution in [0.2, 0.25) is 5.02 Å². The van der Waals surface area contributed by atoms with Crippen LogP contribution in [0.1, 0.15) is 32.3 Å². The molecular weight excluding hydrogens is 507 g/mol. The number of imide groups is 1. The maximum Gasteiger partial charge on any atom is 0.233 e. The molecular formula is C28H28ClFN6O2. The van der Waals surface area contributed by atoms with Crippen molar-refractivity contribution in [2.75, 3.05) is 13.1 Å². The van der Waals surface area contributed by atoms with Crippen LogP contribution in [0, 0.1) is 17.3 Å². The number of rotatable bonds is 5. The highest BCUT2D eigenvalue weighted by molar-refractivity contribution is 6.32. The van der Waals surface area contributed by atoms with E-state index in [9.17, 15) is 9.59 Å². The van der Waals surface area contributed by atoms with Crippen LogP contribution >= 0.6 is 11.6 Å². The Labute approximate surface area is 223 Å². The summed E-state index contributed by atoms with van der Waals surface area (Å²) in [4.78, 5) is 31.7. The van der Waals surface area contributed by atoms with Crippen molar-refractivity contribution in [3.63, 3.8) is 0 Å². The fourth-order valence-corrected chi connectivity index (χ4v) is 6.84. The number of halogens is 2. The fraction of sp³-hybridized carbons (Fsp3) is 0.429. The van der Waals surface area contributed by atoms with Gasteiger partial charge in [-0.2, -0.15) is 5.10 Å². The molecule has 0 bridgehead atoms. The fourth-order valence-electron chi connectivity index (χ4n) is 6.62. The Bertz CT molecular complexity index is 1610. The van der Waals surface area contributed by atoms with Crippen molar-refractivity contribution in [3.05, 3.63) is 53.6 Å². The summed E-state index contributed by atoms with van der Waals surface area (Å²) >= 11 is 6.52. The molecule has 1 aliphatic carbocycles. The third-order valence-corrected chi connectivity index (χ3v) is 8.87. The van der Waals surface area contributed by atoms with E-state index in [1.165, 1.54) is 11.2 Å². The number of nitrogens with one attached hydrogen (secondary N) is 1. The highest BCUT2D eigenvalue weighted by Crippen LogP contribution is 2.63. The van der Waals surface area contributed by atoms with E-state index in [-0.39, 0.29) is 42.2 Å². The molecule has 10 heteroatoms. The normalized spacial score (nSPS) is 26.5. The Kier molecular flexibility index (Phi) is 5.07. The molecule has 0 spiro atoms. The van der Waals surface area contributed by atoms with Crippen LogP contribution in [0.3, 0.4) is 0 Å². The lowest BCUT2D eigenvalue weighted by Crippen LogP contribution is -2.45. The van der Waals surface area contributed by atoms with E-state index in [4.69, 9.17) is 11.6 Å². The van der Waals surface area contributed by atoms with Gasteiger partial charge in [-0.25, -0.2) is 13.9 Å². The molecule has 38 heavy (non-hydrogen) atoms. The largest absolute Gasteiger partial charge is 0.344 e. The Morgan fingerprint density at radius 3 is 2.71 bits per heavy atom. The third kappa shape index (κ3) is 3.51. The monoisotopic (exact) mass is 534 g/mol. The number of benzene rings is 1. The van der Waals surface area contributed by atoms with Crippen LogP contribution in [-0.2, 0) is 22.7 Å². The van der Waals surface area contributed by atoms with Gasteiger partial charge in [-0.15, -0.1) is 0 Å². The maximum atomic E-state index is 15.7. The quantitative estimate of drug-likeness (QED) is 0.387. The van der Waals surface area contributed by atoms with E-state index in [1.807, 2.05) is 55.1 Å². The molecule has 1 saturated carbocycles. The van der Waals surface area contributed by atoms with Gasteiger partial charge in [-0.1, -0.05) is 25.4 Å². The maximum absolute atomic E-state index is 15.7. The zero-order valence-corrected chi connectivity index (χ0v) is 22.0. The van der Waals surface area contributed by atoms with Gasteiger partial charge in [0, 0.05) is 34.9 Å². The number of likely N-dealkylation sites (tertiary alicyclic amines) is 1. The highest BCUT2D eigenvalue weighted by atomic mass is 35.5. The zero-order chi connectivity index (χ0) is 26.4. The molecule has 7 rings (SSSR count). The molecule has 0 radical (unpaired) electrons. The van der Waals surface area contributed by atoms with Crippen molar-refractivity contribution in [3.8, 4) is 11.3 Å². The standard InChI is InChI=1S/C28H28ClFN6O2/c1-27(2)21-22(27)26(38)35(25(21)37)11-16-8-20-23(32-15-33-36(20)12-16)19-10-18(29)9-17-4-7-34(24(17)19)14-28(30)5-3-6-31-13-28/h4,7-10,12,15,21-22,31H,3,5-6,11,13-14H2,1-2H3. The Balaban J connectivity index is 1.28. The van der Waals surface area contributed by atoms with Crippen LogP contribution in [0.5, 0.6) is 0 Å². The summed E-state index contributed by atoms with van der Waals surface area (Å²) in [6, 6.07) is 7.58. The number of carbonyl (C=O) groups is 2. The average Bonchev–Trinajstić information content (AvgIpc) is 3.22. The van der Waals surface area contributed by atoms with Crippen molar-refractivity contribution >= 4 is 39.8 Å².